The summed E-state index contributed by atoms with van der Waals surface area (Å²) in [5.74, 6) is 0.237. The Morgan fingerprint density at radius 1 is 1.30 bits per heavy atom. The molecule has 1 aromatic heterocycles. The van der Waals surface area contributed by atoms with Gasteiger partial charge in [0.15, 0.2) is 0 Å². The van der Waals surface area contributed by atoms with Crippen molar-refractivity contribution in [3.05, 3.63) is 22.9 Å². The second-order valence-electron chi connectivity index (χ2n) is 8.25. The number of esters is 1. The van der Waals surface area contributed by atoms with E-state index in [0.717, 1.165) is 23.1 Å². The van der Waals surface area contributed by atoms with Crippen molar-refractivity contribution >= 4 is 12.1 Å². The highest BCUT2D eigenvalue weighted by molar-refractivity contribution is 5.74. The highest BCUT2D eigenvalue weighted by Crippen LogP contribution is 2.33. The minimum Gasteiger partial charge on any atom is -0.475 e. The Bertz CT molecular complexity index is 741. The minimum absolute atomic E-state index is 0.00266. The highest BCUT2D eigenvalue weighted by atomic mass is 16.6. The van der Waals surface area contributed by atoms with Gasteiger partial charge in [-0.3, -0.25) is 4.79 Å². The van der Waals surface area contributed by atoms with E-state index in [1.807, 2.05) is 27.7 Å². The lowest BCUT2D eigenvalue weighted by molar-refractivity contribution is -0.145. The Kier molecular flexibility index (Phi) is 5.31. The molecular weight excluding hydrogens is 348 g/mol. The zero-order valence-corrected chi connectivity index (χ0v) is 16.7. The van der Waals surface area contributed by atoms with Crippen molar-refractivity contribution in [2.75, 3.05) is 20.3 Å². The molecule has 1 amide bonds. The van der Waals surface area contributed by atoms with Crippen molar-refractivity contribution in [2.24, 2.45) is 5.92 Å². The number of hydrogen-bond donors (Lipinski definition) is 0. The maximum Gasteiger partial charge on any atom is 0.410 e. The Morgan fingerprint density at radius 3 is 2.63 bits per heavy atom. The van der Waals surface area contributed by atoms with E-state index >= 15 is 0 Å². The number of aromatic nitrogens is 1. The van der Waals surface area contributed by atoms with Gasteiger partial charge in [-0.25, -0.2) is 9.78 Å². The molecule has 1 fully saturated rings. The standard InChI is InChI=1S/C20H28N2O5/c1-12-16-9-13(18(23)25-5)8-14(16)10-21-17(12)26-11-15-6-7-22(15)19(24)27-20(2,3)4/h10,13,15H,6-9,11H2,1-5H3/t13?,15-/m0/s1. The molecule has 1 aromatic rings. The van der Waals surface area contributed by atoms with Crippen LogP contribution in [0, 0.1) is 12.8 Å². The fraction of sp³-hybridized carbons (Fsp3) is 0.650. The van der Waals surface area contributed by atoms with Gasteiger partial charge in [-0.1, -0.05) is 0 Å². The molecule has 1 unspecified atom stereocenters. The minimum atomic E-state index is -0.508. The van der Waals surface area contributed by atoms with Crippen LogP contribution in [0.25, 0.3) is 0 Å². The molecule has 27 heavy (non-hydrogen) atoms. The molecule has 148 valence electrons. The van der Waals surface area contributed by atoms with Crippen LogP contribution in [0.1, 0.15) is 43.9 Å². The van der Waals surface area contributed by atoms with Gasteiger partial charge in [0, 0.05) is 18.3 Å². The summed E-state index contributed by atoms with van der Waals surface area (Å²) in [6, 6.07) is -0.00266. The molecule has 3 rings (SSSR count). The molecule has 0 aromatic carbocycles. The predicted molar refractivity (Wildman–Crippen MR) is 98.7 cm³/mol. The van der Waals surface area contributed by atoms with Gasteiger partial charge in [0.1, 0.15) is 12.2 Å². The van der Waals surface area contributed by atoms with Crippen LogP contribution < -0.4 is 4.74 Å². The molecule has 2 aliphatic rings. The SMILES string of the molecule is COC(=O)C1Cc2cnc(OC[C@@H]3CCN3C(=O)OC(C)(C)C)c(C)c2C1. The van der Waals surface area contributed by atoms with Crippen molar-refractivity contribution in [3.8, 4) is 5.88 Å². The molecule has 1 aliphatic heterocycles. The number of nitrogens with zero attached hydrogens (tertiary/aromatic N) is 2. The van der Waals surface area contributed by atoms with Crippen molar-refractivity contribution in [1.82, 2.24) is 9.88 Å². The number of fused-ring (bicyclic) bond motifs is 1. The topological polar surface area (TPSA) is 78.0 Å². The van der Waals surface area contributed by atoms with Crippen molar-refractivity contribution in [3.63, 3.8) is 0 Å². The fourth-order valence-electron chi connectivity index (χ4n) is 3.55. The first-order valence-corrected chi connectivity index (χ1v) is 9.37. The van der Waals surface area contributed by atoms with Gasteiger partial charge in [-0.2, -0.15) is 0 Å². The molecule has 7 heteroatoms. The average Bonchev–Trinajstić information content (AvgIpc) is 2.98. The number of pyridine rings is 1. The largest absolute Gasteiger partial charge is 0.475 e. The summed E-state index contributed by atoms with van der Waals surface area (Å²) in [7, 11) is 1.42. The third-order valence-corrected chi connectivity index (χ3v) is 5.13. The Morgan fingerprint density at radius 2 is 2.04 bits per heavy atom. The smallest absolute Gasteiger partial charge is 0.410 e. The molecule has 7 nitrogen and oxygen atoms in total. The van der Waals surface area contributed by atoms with Gasteiger partial charge in [0.25, 0.3) is 0 Å². The lowest BCUT2D eigenvalue weighted by Gasteiger charge is -2.40. The molecule has 2 atom stereocenters. The first kappa shape index (κ1) is 19.5. The number of methoxy groups -OCH3 is 1. The van der Waals surface area contributed by atoms with Crippen molar-refractivity contribution in [2.45, 2.75) is 58.6 Å². The predicted octanol–water partition coefficient (Wildman–Crippen LogP) is 2.67. The molecule has 0 N–H and O–H groups in total. The second-order valence-corrected chi connectivity index (χ2v) is 8.25. The average molecular weight is 376 g/mol. The number of rotatable bonds is 4. The maximum absolute atomic E-state index is 12.2. The van der Waals surface area contributed by atoms with Crippen molar-refractivity contribution in [1.29, 1.82) is 0 Å². The quantitative estimate of drug-likeness (QED) is 0.752. The van der Waals surface area contributed by atoms with E-state index < -0.39 is 5.60 Å². The fourth-order valence-corrected chi connectivity index (χ4v) is 3.55. The van der Waals surface area contributed by atoms with E-state index in [9.17, 15) is 9.59 Å². The summed E-state index contributed by atoms with van der Waals surface area (Å²) >= 11 is 0. The zero-order chi connectivity index (χ0) is 19.8. The normalized spacial score (nSPS) is 21.3. The van der Waals surface area contributed by atoms with E-state index in [-0.39, 0.29) is 24.0 Å². The molecule has 0 bridgehead atoms. The van der Waals surface area contributed by atoms with Crippen LogP contribution in [0.4, 0.5) is 4.79 Å². The summed E-state index contributed by atoms with van der Waals surface area (Å²) in [6.45, 7) is 8.60. The Balaban J connectivity index is 1.60. The maximum atomic E-state index is 12.2. The summed E-state index contributed by atoms with van der Waals surface area (Å²) in [5.41, 5.74) is 2.65. The first-order valence-electron chi connectivity index (χ1n) is 9.37. The number of hydrogen-bond acceptors (Lipinski definition) is 6. The summed E-state index contributed by atoms with van der Waals surface area (Å²) in [6.07, 6.45) is 3.67. The van der Waals surface area contributed by atoms with Gasteiger partial charge in [0.2, 0.25) is 5.88 Å². The number of ether oxygens (including phenoxy) is 3. The number of carbonyl (C=O) groups excluding carboxylic acids is 2. The molecule has 0 saturated carbocycles. The summed E-state index contributed by atoms with van der Waals surface area (Å²) in [5, 5.41) is 0. The summed E-state index contributed by atoms with van der Waals surface area (Å²) in [4.78, 5) is 30.1. The Hall–Kier alpha value is -2.31. The van der Waals surface area contributed by atoms with Gasteiger partial charge < -0.3 is 19.1 Å². The Labute approximate surface area is 160 Å². The van der Waals surface area contributed by atoms with Crippen LogP contribution in [-0.4, -0.2) is 53.9 Å². The first-order chi connectivity index (χ1) is 12.7. The van der Waals surface area contributed by atoms with Crippen LogP contribution in [0.3, 0.4) is 0 Å². The van der Waals surface area contributed by atoms with Crippen molar-refractivity contribution < 1.29 is 23.8 Å². The van der Waals surface area contributed by atoms with Gasteiger partial charge in [-0.05, 0) is 58.1 Å². The van der Waals surface area contributed by atoms with Crippen LogP contribution in [0.5, 0.6) is 5.88 Å². The molecule has 2 heterocycles. The molecule has 0 spiro atoms. The van der Waals surface area contributed by atoms with E-state index in [0.29, 0.717) is 31.9 Å². The number of amides is 1. The van der Waals surface area contributed by atoms with Crippen LogP contribution in [-0.2, 0) is 27.1 Å². The summed E-state index contributed by atoms with van der Waals surface area (Å²) < 4.78 is 16.2. The monoisotopic (exact) mass is 376 g/mol. The molecule has 1 saturated heterocycles. The molecule has 1 aliphatic carbocycles. The number of carbonyl (C=O) groups is 2. The lowest BCUT2D eigenvalue weighted by atomic mass is 10.0. The van der Waals surface area contributed by atoms with Crippen LogP contribution in [0.15, 0.2) is 6.20 Å². The number of likely N-dealkylation sites (tertiary alicyclic amines) is 1. The zero-order valence-electron chi connectivity index (χ0n) is 16.7. The van der Waals surface area contributed by atoms with Crippen LogP contribution in [0.2, 0.25) is 0 Å². The van der Waals surface area contributed by atoms with E-state index in [1.165, 1.54) is 7.11 Å². The highest BCUT2D eigenvalue weighted by Gasteiger charge is 2.36. The van der Waals surface area contributed by atoms with Gasteiger partial charge in [-0.15, -0.1) is 0 Å². The molecular formula is C20H28N2O5. The van der Waals surface area contributed by atoms with Gasteiger partial charge in [0.05, 0.1) is 19.1 Å². The third kappa shape index (κ3) is 4.17. The lowest BCUT2D eigenvalue weighted by Crippen LogP contribution is -2.55. The van der Waals surface area contributed by atoms with E-state index in [1.54, 1.807) is 11.1 Å². The molecule has 0 radical (unpaired) electrons. The van der Waals surface area contributed by atoms with E-state index in [4.69, 9.17) is 14.2 Å². The van der Waals surface area contributed by atoms with Crippen LogP contribution >= 0.6 is 0 Å². The van der Waals surface area contributed by atoms with Gasteiger partial charge >= 0.3 is 12.1 Å². The van der Waals surface area contributed by atoms with E-state index in [2.05, 4.69) is 4.98 Å². The second kappa shape index (κ2) is 7.37. The third-order valence-electron chi connectivity index (χ3n) is 5.13.